The second-order valence-corrected chi connectivity index (χ2v) is 5.91. The van der Waals surface area contributed by atoms with Gasteiger partial charge in [-0.05, 0) is 19.3 Å². The molecule has 5 N–H and O–H groups in total. The second kappa shape index (κ2) is 10.8. The Hall–Kier alpha value is -0.900. The molecule has 0 spiro atoms. The maximum absolute atomic E-state index is 12.0. The summed E-state index contributed by atoms with van der Waals surface area (Å²) < 4.78 is 0.419. The van der Waals surface area contributed by atoms with Gasteiger partial charge in [0, 0.05) is 13.1 Å². The van der Waals surface area contributed by atoms with Crippen LogP contribution < -0.4 is 21.7 Å². The zero-order chi connectivity index (χ0) is 16.4. The fourth-order valence-electron chi connectivity index (χ4n) is 1.50. The predicted octanol–water partition coefficient (Wildman–Crippen LogP) is -0.468. The van der Waals surface area contributed by atoms with E-state index >= 15 is 0 Å². The van der Waals surface area contributed by atoms with Gasteiger partial charge in [-0.3, -0.25) is 14.4 Å². The fraction of sp³-hybridized carbons (Fsp3) is 0.769. The summed E-state index contributed by atoms with van der Waals surface area (Å²) in [5, 5.41) is 8.11. The third kappa shape index (κ3) is 8.86. The van der Waals surface area contributed by atoms with E-state index in [-0.39, 0.29) is 23.6 Å². The van der Waals surface area contributed by atoms with E-state index in [0.717, 1.165) is 0 Å². The maximum atomic E-state index is 12.0. The van der Waals surface area contributed by atoms with Crippen LogP contribution in [0.5, 0.6) is 0 Å². The van der Waals surface area contributed by atoms with Crippen molar-refractivity contribution >= 4 is 40.3 Å². The van der Waals surface area contributed by atoms with Gasteiger partial charge in [-0.25, -0.2) is 0 Å². The van der Waals surface area contributed by atoms with Gasteiger partial charge < -0.3 is 21.7 Å². The van der Waals surface area contributed by atoms with Gasteiger partial charge in [-0.15, -0.1) is 0 Å². The van der Waals surface area contributed by atoms with Gasteiger partial charge in [0.1, 0.15) is 6.04 Å². The van der Waals surface area contributed by atoms with E-state index in [4.69, 9.17) is 5.73 Å². The predicted molar refractivity (Wildman–Crippen MR) is 89.9 cm³/mol. The van der Waals surface area contributed by atoms with Crippen molar-refractivity contribution in [2.24, 2.45) is 11.7 Å². The van der Waals surface area contributed by atoms with Crippen molar-refractivity contribution in [2.45, 2.75) is 39.3 Å². The van der Waals surface area contributed by atoms with Crippen LogP contribution in [0.15, 0.2) is 0 Å². The van der Waals surface area contributed by atoms with Crippen molar-refractivity contribution < 1.29 is 14.4 Å². The lowest BCUT2D eigenvalue weighted by molar-refractivity contribution is -0.130. The lowest BCUT2D eigenvalue weighted by Crippen LogP contribution is -2.53. The summed E-state index contributed by atoms with van der Waals surface area (Å²) in [5.41, 5.74) is 5.48. The Bertz CT molecular complexity index is 361. The number of amides is 3. The zero-order valence-electron chi connectivity index (χ0n) is 12.7. The summed E-state index contributed by atoms with van der Waals surface area (Å²) in [6.07, 6.45) is 0.639. The fourth-order valence-corrected chi connectivity index (χ4v) is 1.77. The Morgan fingerprint density at radius 1 is 1.05 bits per heavy atom. The highest BCUT2D eigenvalue weighted by atomic mass is 127. The molecule has 7 nitrogen and oxygen atoms in total. The summed E-state index contributed by atoms with van der Waals surface area (Å²) in [4.78, 5) is 34.6. The summed E-state index contributed by atoms with van der Waals surface area (Å²) in [6.45, 7) is 6.23. The first-order chi connectivity index (χ1) is 9.79. The Labute approximate surface area is 139 Å². The summed E-state index contributed by atoms with van der Waals surface area (Å²) >= 11 is 1.98. The number of carbonyl (C=O) groups is 3. The number of hydrogen-bond acceptors (Lipinski definition) is 4. The molecule has 0 fully saturated rings. The van der Waals surface area contributed by atoms with Crippen molar-refractivity contribution in [3.63, 3.8) is 0 Å². The molecule has 0 aromatic heterocycles. The van der Waals surface area contributed by atoms with Crippen LogP contribution in [0.1, 0.15) is 27.2 Å². The first-order valence-electron chi connectivity index (χ1n) is 6.96. The lowest BCUT2D eigenvalue weighted by Gasteiger charge is -2.22. The number of halogens is 1. The number of nitrogens with one attached hydrogen (secondary N) is 3. The number of alkyl halides is 1. The van der Waals surface area contributed by atoms with E-state index in [1.54, 1.807) is 6.92 Å². The molecule has 0 saturated carbocycles. The molecule has 0 unspecified atom stereocenters. The standard InChI is InChI=1S/C13H25IN4O3/c1-8(2)11(18-12(20)9(3)15)13(21)17-6-4-5-16-10(19)7-14/h8-9,11H,4-7,15H2,1-3H3,(H,16,19)(H,17,21)(H,18,20)/t9-,11-/m1/s1. The van der Waals surface area contributed by atoms with E-state index in [1.165, 1.54) is 0 Å². The van der Waals surface area contributed by atoms with E-state index in [1.807, 2.05) is 36.4 Å². The molecular weight excluding hydrogens is 387 g/mol. The number of carbonyl (C=O) groups excluding carboxylic acids is 3. The Kier molecular flexibility index (Phi) is 10.3. The normalized spacial score (nSPS) is 13.4. The van der Waals surface area contributed by atoms with E-state index in [0.29, 0.717) is 23.9 Å². The van der Waals surface area contributed by atoms with E-state index < -0.39 is 12.1 Å². The average molecular weight is 412 g/mol. The van der Waals surface area contributed by atoms with Gasteiger partial charge in [-0.1, -0.05) is 36.4 Å². The van der Waals surface area contributed by atoms with Gasteiger partial charge in [0.2, 0.25) is 17.7 Å². The molecule has 0 heterocycles. The minimum Gasteiger partial charge on any atom is -0.355 e. The number of nitrogens with two attached hydrogens (primary N) is 1. The quantitative estimate of drug-likeness (QED) is 0.233. The minimum absolute atomic E-state index is 0.0221. The molecule has 21 heavy (non-hydrogen) atoms. The molecular formula is C13H25IN4O3. The SMILES string of the molecule is CC(C)[C@@H](NC(=O)[C@@H](C)N)C(=O)NCCCNC(=O)CI. The van der Waals surface area contributed by atoms with Gasteiger partial charge in [-0.2, -0.15) is 0 Å². The molecule has 0 aliphatic rings. The van der Waals surface area contributed by atoms with Crippen LogP contribution in [0.2, 0.25) is 0 Å². The molecule has 2 atom stereocenters. The molecule has 0 rings (SSSR count). The Morgan fingerprint density at radius 3 is 2.10 bits per heavy atom. The van der Waals surface area contributed by atoms with Gasteiger partial charge in [0.25, 0.3) is 0 Å². The van der Waals surface area contributed by atoms with Crippen LogP contribution in [0.4, 0.5) is 0 Å². The molecule has 0 bridgehead atoms. The zero-order valence-corrected chi connectivity index (χ0v) is 14.9. The monoisotopic (exact) mass is 412 g/mol. The average Bonchev–Trinajstić information content (AvgIpc) is 2.42. The van der Waals surface area contributed by atoms with E-state index in [9.17, 15) is 14.4 Å². The van der Waals surface area contributed by atoms with Crippen molar-refractivity contribution in [3.05, 3.63) is 0 Å². The molecule has 0 radical (unpaired) electrons. The van der Waals surface area contributed by atoms with Crippen molar-refractivity contribution in [1.29, 1.82) is 0 Å². The molecule has 122 valence electrons. The maximum Gasteiger partial charge on any atom is 0.242 e. The number of hydrogen-bond donors (Lipinski definition) is 4. The van der Waals surface area contributed by atoms with Crippen molar-refractivity contribution in [3.8, 4) is 0 Å². The highest BCUT2D eigenvalue weighted by Gasteiger charge is 2.24. The molecule has 0 aliphatic heterocycles. The molecule has 0 aromatic carbocycles. The molecule has 0 saturated heterocycles. The second-order valence-electron chi connectivity index (χ2n) is 5.15. The first kappa shape index (κ1) is 20.1. The lowest BCUT2D eigenvalue weighted by atomic mass is 10.0. The van der Waals surface area contributed by atoms with Crippen LogP contribution in [0.3, 0.4) is 0 Å². The smallest absolute Gasteiger partial charge is 0.242 e. The summed E-state index contributed by atoms with van der Waals surface area (Å²) in [6, 6.07) is -1.25. The summed E-state index contributed by atoms with van der Waals surface area (Å²) in [5.74, 6) is -0.644. The minimum atomic E-state index is -0.650. The molecule has 0 aromatic rings. The van der Waals surface area contributed by atoms with Crippen LogP contribution in [-0.2, 0) is 14.4 Å². The third-order valence-electron chi connectivity index (χ3n) is 2.76. The number of rotatable bonds is 9. The van der Waals surface area contributed by atoms with Crippen LogP contribution in [-0.4, -0.2) is 47.3 Å². The topological polar surface area (TPSA) is 113 Å². The van der Waals surface area contributed by atoms with Crippen LogP contribution in [0.25, 0.3) is 0 Å². The van der Waals surface area contributed by atoms with Gasteiger partial charge in [0.15, 0.2) is 0 Å². The van der Waals surface area contributed by atoms with Gasteiger partial charge in [0.05, 0.1) is 10.5 Å². The Balaban J connectivity index is 4.13. The highest BCUT2D eigenvalue weighted by molar-refractivity contribution is 14.1. The summed E-state index contributed by atoms with van der Waals surface area (Å²) in [7, 11) is 0. The van der Waals surface area contributed by atoms with E-state index in [2.05, 4.69) is 16.0 Å². The van der Waals surface area contributed by atoms with Gasteiger partial charge >= 0.3 is 0 Å². The van der Waals surface area contributed by atoms with Crippen molar-refractivity contribution in [1.82, 2.24) is 16.0 Å². The Morgan fingerprint density at radius 2 is 1.62 bits per heavy atom. The van der Waals surface area contributed by atoms with Crippen LogP contribution in [0, 0.1) is 5.92 Å². The molecule has 8 heteroatoms. The largest absolute Gasteiger partial charge is 0.355 e. The highest BCUT2D eigenvalue weighted by Crippen LogP contribution is 2.02. The first-order valence-corrected chi connectivity index (χ1v) is 8.48. The van der Waals surface area contributed by atoms with Crippen LogP contribution >= 0.6 is 22.6 Å². The molecule has 0 aliphatic carbocycles. The molecule has 3 amide bonds. The third-order valence-corrected chi connectivity index (χ3v) is 3.45. The van der Waals surface area contributed by atoms with Crippen molar-refractivity contribution in [2.75, 3.05) is 17.5 Å².